The average molecular weight is 251 g/mol. The lowest BCUT2D eigenvalue weighted by atomic mass is 9.97. The Hall–Kier alpha value is -1.58. The van der Waals surface area contributed by atoms with E-state index >= 15 is 0 Å². The molecule has 4 heteroatoms. The molecule has 1 fully saturated rings. The molecular formula is C14H18FNO2. The lowest BCUT2D eigenvalue weighted by Gasteiger charge is -2.23. The Kier molecular flexibility index (Phi) is 3.84. The van der Waals surface area contributed by atoms with E-state index in [2.05, 4.69) is 0 Å². The molecule has 0 saturated heterocycles. The van der Waals surface area contributed by atoms with Gasteiger partial charge >= 0.3 is 6.09 Å². The first-order chi connectivity index (χ1) is 8.61. The zero-order valence-electron chi connectivity index (χ0n) is 10.7. The van der Waals surface area contributed by atoms with Gasteiger partial charge < -0.3 is 9.64 Å². The third-order valence-corrected chi connectivity index (χ3v) is 3.76. The number of rotatable bonds is 2. The van der Waals surface area contributed by atoms with Crippen LogP contribution in [0.15, 0.2) is 24.3 Å². The first kappa shape index (κ1) is 12.9. The Morgan fingerprint density at radius 3 is 2.61 bits per heavy atom. The van der Waals surface area contributed by atoms with Crippen LogP contribution in [0.5, 0.6) is 0 Å². The van der Waals surface area contributed by atoms with Crippen molar-refractivity contribution in [3.8, 4) is 0 Å². The minimum absolute atomic E-state index is 0.208. The first-order valence-electron chi connectivity index (χ1n) is 6.18. The fourth-order valence-electron chi connectivity index (χ4n) is 2.64. The molecule has 1 aromatic rings. The van der Waals surface area contributed by atoms with Crippen LogP contribution in [0.3, 0.4) is 0 Å². The number of benzene rings is 1. The molecule has 0 aliphatic heterocycles. The van der Waals surface area contributed by atoms with Gasteiger partial charge in [-0.2, -0.15) is 0 Å². The highest BCUT2D eigenvalue weighted by Gasteiger charge is 2.30. The minimum Gasteiger partial charge on any atom is -0.453 e. The number of halogens is 1. The van der Waals surface area contributed by atoms with Gasteiger partial charge in [-0.05, 0) is 42.9 Å². The molecule has 1 saturated carbocycles. The Morgan fingerprint density at radius 2 is 2.00 bits per heavy atom. The SMILES string of the molecule is COC(=O)N(C)[C@H]1CC[C@H](c2ccc(F)cc2)C1. The summed E-state index contributed by atoms with van der Waals surface area (Å²) in [5.74, 6) is 0.197. The third kappa shape index (κ3) is 2.63. The van der Waals surface area contributed by atoms with E-state index in [-0.39, 0.29) is 18.0 Å². The highest BCUT2D eigenvalue weighted by Crippen LogP contribution is 2.36. The molecule has 2 rings (SSSR count). The molecule has 18 heavy (non-hydrogen) atoms. The smallest absolute Gasteiger partial charge is 0.409 e. The minimum atomic E-state index is -0.292. The van der Waals surface area contributed by atoms with Gasteiger partial charge in [-0.25, -0.2) is 9.18 Å². The molecule has 0 radical (unpaired) electrons. The summed E-state index contributed by atoms with van der Waals surface area (Å²) in [6, 6.07) is 6.87. The molecular weight excluding hydrogens is 233 g/mol. The first-order valence-corrected chi connectivity index (χ1v) is 6.18. The second-order valence-corrected chi connectivity index (χ2v) is 4.80. The van der Waals surface area contributed by atoms with E-state index in [9.17, 15) is 9.18 Å². The van der Waals surface area contributed by atoms with Crippen molar-refractivity contribution in [2.24, 2.45) is 0 Å². The normalized spacial score (nSPS) is 22.8. The van der Waals surface area contributed by atoms with Crippen LogP contribution in [0, 0.1) is 5.82 Å². The molecule has 0 aromatic heterocycles. The van der Waals surface area contributed by atoms with Gasteiger partial charge in [0.15, 0.2) is 0 Å². The molecule has 0 bridgehead atoms. The highest BCUT2D eigenvalue weighted by atomic mass is 19.1. The summed E-state index contributed by atoms with van der Waals surface area (Å²) in [6.45, 7) is 0. The van der Waals surface area contributed by atoms with Crippen molar-refractivity contribution in [1.29, 1.82) is 0 Å². The van der Waals surface area contributed by atoms with Crippen molar-refractivity contribution in [3.05, 3.63) is 35.6 Å². The van der Waals surface area contributed by atoms with Gasteiger partial charge in [0.25, 0.3) is 0 Å². The average Bonchev–Trinajstić information content (AvgIpc) is 2.87. The van der Waals surface area contributed by atoms with Crippen LogP contribution >= 0.6 is 0 Å². The van der Waals surface area contributed by atoms with Crippen LogP contribution in [-0.2, 0) is 4.74 Å². The molecule has 1 aromatic carbocycles. The fraction of sp³-hybridized carbons (Fsp3) is 0.500. The molecule has 0 unspecified atom stereocenters. The fourth-order valence-corrected chi connectivity index (χ4v) is 2.64. The van der Waals surface area contributed by atoms with Crippen LogP contribution in [0.2, 0.25) is 0 Å². The number of ether oxygens (including phenoxy) is 1. The van der Waals surface area contributed by atoms with Gasteiger partial charge in [0.2, 0.25) is 0 Å². The number of methoxy groups -OCH3 is 1. The number of hydrogen-bond donors (Lipinski definition) is 0. The van der Waals surface area contributed by atoms with Crippen LogP contribution in [-0.4, -0.2) is 31.2 Å². The highest BCUT2D eigenvalue weighted by molar-refractivity contribution is 5.67. The van der Waals surface area contributed by atoms with Gasteiger partial charge in [-0.3, -0.25) is 0 Å². The topological polar surface area (TPSA) is 29.5 Å². The van der Waals surface area contributed by atoms with Gasteiger partial charge in [0.05, 0.1) is 7.11 Å². The summed E-state index contributed by atoms with van der Waals surface area (Å²) in [5.41, 5.74) is 1.15. The largest absolute Gasteiger partial charge is 0.453 e. The second-order valence-electron chi connectivity index (χ2n) is 4.80. The Balaban J connectivity index is 2.00. The van der Waals surface area contributed by atoms with E-state index in [0.29, 0.717) is 5.92 Å². The molecule has 3 nitrogen and oxygen atoms in total. The summed E-state index contributed by atoms with van der Waals surface area (Å²) in [6.07, 6.45) is 2.61. The van der Waals surface area contributed by atoms with Crippen molar-refractivity contribution < 1.29 is 13.9 Å². The van der Waals surface area contributed by atoms with E-state index < -0.39 is 0 Å². The number of nitrogens with zero attached hydrogens (tertiary/aromatic N) is 1. The number of hydrogen-bond acceptors (Lipinski definition) is 2. The van der Waals surface area contributed by atoms with Crippen LogP contribution in [0.1, 0.15) is 30.7 Å². The van der Waals surface area contributed by atoms with E-state index in [4.69, 9.17) is 4.74 Å². The number of amides is 1. The predicted molar refractivity (Wildman–Crippen MR) is 66.9 cm³/mol. The quantitative estimate of drug-likeness (QED) is 0.808. The molecule has 1 aliphatic carbocycles. The van der Waals surface area contributed by atoms with E-state index in [1.165, 1.54) is 19.2 Å². The van der Waals surface area contributed by atoms with Gasteiger partial charge in [-0.1, -0.05) is 12.1 Å². The molecule has 2 atom stereocenters. The Bertz CT molecular complexity index is 418. The zero-order chi connectivity index (χ0) is 13.1. The maximum Gasteiger partial charge on any atom is 0.409 e. The van der Waals surface area contributed by atoms with Crippen molar-refractivity contribution in [1.82, 2.24) is 4.90 Å². The van der Waals surface area contributed by atoms with Crippen molar-refractivity contribution in [2.75, 3.05) is 14.2 Å². The van der Waals surface area contributed by atoms with E-state index in [0.717, 1.165) is 24.8 Å². The maximum atomic E-state index is 12.9. The summed E-state index contributed by atoms with van der Waals surface area (Å²) < 4.78 is 17.6. The molecule has 98 valence electrons. The van der Waals surface area contributed by atoms with Crippen LogP contribution < -0.4 is 0 Å². The van der Waals surface area contributed by atoms with Gasteiger partial charge in [-0.15, -0.1) is 0 Å². The second kappa shape index (κ2) is 5.38. The number of carbonyl (C=O) groups excluding carboxylic acids is 1. The standard InChI is InChI=1S/C14H18FNO2/c1-16(14(17)18-2)13-8-5-11(9-13)10-3-6-12(15)7-4-10/h3-4,6-7,11,13H,5,8-9H2,1-2H3/t11-,13-/m0/s1. The Labute approximate surface area is 107 Å². The van der Waals surface area contributed by atoms with Crippen molar-refractivity contribution in [3.63, 3.8) is 0 Å². The van der Waals surface area contributed by atoms with Gasteiger partial charge in [0, 0.05) is 13.1 Å². The Morgan fingerprint density at radius 1 is 1.33 bits per heavy atom. The monoisotopic (exact) mass is 251 g/mol. The molecule has 0 N–H and O–H groups in total. The molecule has 1 amide bonds. The summed E-state index contributed by atoms with van der Waals surface area (Å²) >= 11 is 0. The molecule has 0 heterocycles. The number of carbonyl (C=O) groups is 1. The predicted octanol–water partition coefficient (Wildman–Crippen LogP) is 3.16. The third-order valence-electron chi connectivity index (χ3n) is 3.76. The summed E-state index contributed by atoms with van der Waals surface area (Å²) in [4.78, 5) is 13.1. The summed E-state index contributed by atoms with van der Waals surface area (Å²) in [7, 11) is 3.16. The molecule has 1 aliphatic rings. The maximum absolute atomic E-state index is 12.9. The van der Waals surface area contributed by atoms with E-state index in [1.807, 2.05) is 12.1 Å². The lowest BCUT2D eigenvalue weighted by molar-refractivity contribution is 0.118. The lowest BCUT2D eigenvalue weighted by Crippen LogP contribution is -2.35. The van der Waals surface area contributed by atoms with Crippen LogP contribution in [0.25, 0.3) is 0 Å². The van der Waals surface area contributed by atoms with Crippen molar-refractivity contribution >= 4 is 6.09 Å². The van der Waals surface area contributed by atoms with Crippen molar-refractivity contribution in [2.45, 2.75) is 31.2 Å². The van der Waals surface area contributed by atoms with E-state index in [1.54, 1.807) is 11.9 Å². The van der Waals surface area contributed by atoms with Gasteiger partial charge in [0.1, 0.15) is 5.82 Å². The zero-order valence-corrected chi connectivity index (χ0v) is 10.7. The van der Waals surface area contributed by atoms with Crippen LogP contribution in [0.4, 0.5) is 9.18 Å². The molecule has 0 spiro atoms. The summed E-state index contributed by atoms with van der Waals surface area (Å²) in [5, 5.41) is 0.